The first kappa shape index (κ1) is 12.7. The van der Waals surface area contributed by atoms with Crippen LogP contribution in [-0.4, -0.2) is 14.2 Å². The Labute approximate surface area is 108 Å². The highest BCUT2D eigenvalue weighted by atomic mass is 16.5. The van der Waals surface area contributed by atoms with Gasteiger partial charge in [-0.2, -0.15) is 0 Å². The lowest BCUT2D eigenvalue weighted by atomic mass is 9.99. The topological polar surface area (TPSA) is 18.5 Å². The van der Waals surface area contributed by atoms with Crippen LogP contribution in [0.1, 0.15) is 11.1 Å². The molecule has 0 fully saturated rings. The molecule has 0 radical (unpaired) electrons. The van der Waals surface area contributed by atoms with Crippen molar-refractivity contribution in [2.45, 2.75) is 13.5 Å². The lowest BCUT2D eigenvalue weighted by molar-refractivity contribution is 0.185. The molecular weight excluding hydrogens is 224 g/mol. The summed E-state index contributed by atoms with van der Waals surface area (Å²) in [7, 11) is 3.40. The van der Waals surface area contributed by atoms with E-state index in [1.807, 2.05) is 6.07 Å². The predicted octanol–water partition coefficient (Wildman–Crippen LogP) is 3.82. The van der Waals surface area contributed by atoms with Crippen LogP contribution in [-0.2, 0) is 11.3 Å². The first-order valence-corrected chi connectivity index (χ1v) is 5.97. The molecule has 0 bridgehead atoms. The van der Waals surface area contributed by atoms with Crippen molar-refractivity contribution < 1.29 is 9.47 Å². The highest BCUT2D eigenvalue weighted by Crippen LogP contribution is 2.27. The van der Waals surface area contributed by atoms with Crippen LogP contribution in [0.5, 0.6) is 5.75 Å². The first-order valence-electron chi connectivity index (χ1n) is 5.97. The third-order valence-corrected chi connectivity index (χ3v) is 3.01. The van der Waals surface area contributed by atoms with Crippen LogP contribution in [0.25, 0.3) is 11.1 Å². The Balaban J connectivity index is 2.30. The first-order chi connectivity index (χ1) is 8.74. The maximum Gasteiger partial charge on any atom is 0.119 e. The standard InChI is InChI=1S/C16H18O2/c1-12-10-15(18-3)8-9-16(12)14-6-4-13(5-7-14)11-17-2/h4-10H,11H2,1-3H3. The molecule has 0 aliphatic heterocycles. The molecule has 0 atom stereocenters. The number of hydrogen-bond acceptors (Lipinski definition) is 2. The smallest absolute Gasteiger partial charge is 0.119 e. The van der Waals surface area contributed by atoms with Crippen LogP contribution in [0, 0.1) is 6.92 Å². The van der Waals surface area contributed by atoms with Crippen molar-refractivity contribution in [2.24, 2.45) is 0 Å². The van der Waals surface area contributed by atoms with E-state index in [0.717, 1.165) is 5.75 Å². The Morgan fingerprint density at radius 3 is 2.22 bits per heavy atom. The fourth-order valence-electron chi connectivity index (χ4n) is 2.03. The average Bonchev–Trinajstić information content (AvgIpc) is 2.40. The SMILES string of the molecule is COCc1ccc(-c2ccc(OC)cc2C)cc1. The molecule has 0 heterocycles. The van der Waals surface area contributed by atoms with Gasteiger partial charge in [-0.3, -0.25) is 0 Å². The molecule has 0 saturated heterocycles. The van der Waals surface area contributed by atoms with Gasteiger partial charge in [-0.05, 0) is 41.3 Å². The van der Waals surface area contributed by atoms with Crippen molar-refractivity contribution >= 4 is 0 Å². The zero-order valence-electron chi connectivity index (χ0n) is 11.1. The van der Waals surface area contributed by atoms with Crippen molar-refractivity contribution in [3.63, 3.8) is 0 Å². The quantitative estimate of drug-likeness (QED) is 0.811. The van der Waals surface area contributed by atoms with E-state index >= 15 is 0 Å². The summed E-state index contributed by atoms with van der Waals surface area (Å²) >= 11 is 0. The monoisotopic (exact) mass is 242 g/mol. The number of aryl methyl sites for hydroxylation is 1. The molecule has 0 aliphatic rings. The van der Waals surface area contributed by atoms with Gasteiger partial charge in [0.1, 0.15) is 5.75 Å². The van der Waals surface area contributed by atoms with Gasteiger partial charge in [0, 0.05) is 7.11 Å². The molecule has 0 saturated carbocycles. The summed E-state index contributed by atoms with van der Waals surface area (Å²) in [6, 6.07) is 14.6. The molecule has 2 nitrogen and oxygen atoms in total. The molecule has 0 spiro atoms. The molecule has 94 valence electrons. The molecule has 2 rings (SSSR count). The van der Waals surface area contributed by atoms with E-state index in [1.54, 1.807) is 14.2 Å². The lowest BCUT2D eigenvalue weighted by Crippen LogP contribution is -1.89. The summed E-state index contributed by atoms with van der Waals surface area (Å²) in [4.78, 5) is 0. The fraction of sp³-hybridized carbons (Fsp3) is 0.250. The van der Waals surface area contributed by atoms with Gasteiger partial charge >= 0.3 is 0 Å². The third kappa shape index (κ3) is 2.71. The van der Waals surface area contributed by atoms with E-state index in [-0.39, 0.29) is 0 Å². The number of benzene rings is 2. The van der Waals surface area contributed by atoms with Gasteiger partial charge in [0.15, 0.2) is 0 Å². The molecule has 2 aromatic carbocycles. The molecule has 0 amide bonds. The second-order valence-corrected chi connectivity index (χ2v) is 4.31. The van der Waals surface area contributed by atoms with E-state index in [1.165, 1.54) is 22.3 Å². The van der Waals surface area contributed by atoms with E-state index in [4.69, 9.17) is 9.47 Å². The molecule has 18 heavy (non-hydrogen) atoms. The zero-order chi connectivity index (χ0) is 13.0. The predicted molar refractivity (Wildman–Crippen MR) is 73.9 cm³/mol. The van der Waals surface area contributed by atoms with Crippen LogP contribution in [0.2, 0.25) is 0 Å². The van der Waals surface area contributed by atoms with Crippen LogP contribution in [0.15, 0.2) is 42.5 Å². The van der Waals surface area contributed by atoms with Crippen molar-refractivity contribution in [1.29, 1.82) is 0 Å². The Hall–Kier alpha value is -1.80. The number of methoxy groups -OCH3 is 2. The molecule has 0 aliphatic carbocycles. The molecule has 2 heteroatoms. The fourth-order valence-corrected chi connectivity index (χ4v) is 2.03. The van der Waals surface area contributed by atoms with Crippen molar-refractivity contribution in [3.8, 4) is 16.9 Å². The van der Waals surface area contributed by atoms with E-state index in [2.05, 4.69) is 43.3 Å². The van der Waals surface area contributed by atoms with Crippen LogP contribution < -0.4 is 4.74 Å². The largest absolute Gasteiger partial charge is 0.497 e. The second kappa shape index (κ2) is 5.69. The maximum atomic E-state index is 5.22. The van der Waals surface area contributed by atoms with Gasteiger partial charge in [0.2, 0.25) is 0 Å². The van der Waals surface area contributed by atoms with Gasteiger partial charge in [-0.15, -0.1) is 0 Å². The molecular formula is C16H18O2. The average molecular weight is 242 g/mol. The minimum absolute atomic E-state index is 0.655. The van der Waals surface area contributed by atoms with Crippen LogP contribution >= 0.6 is 0 Å². The van der Waals surface area contributed by atoms with E-state index in [0.29, 0.717) is 6.61 Å². The molecule has 0 unspecified atom stereocenters. The highest BCUT2D eigenvalue weighted by Gasteiger charge is 2.03. The number of ether oxygens (including phenoxy) is 2. The number of hydrogen-bond donors (Lipinski definition) is 0. The highest BCUT2D eigenvalue weighted by molar-refractivity contribution is 5.68. The molecule has 2 aromatic rings. The zero-order valence-corrected chi connectivity index (χ0v) is 11.1. The van der Waals surface area contributed by atoms with Crippen molar-refractivity contribution in [3.05, 3.63) is 53.6 Å². The summed E-state index contributed by atoms with van der Waals surface area (Å²) in [6.07, 6.45) is 0. The summed E-state index contributed by atoms with van der Waals surface area (Å²) < 4.78 is 10.3. The third-order valence-electron chi connectivity index (χ3n) is 3.01. The van der Waals surface area contributed by atoms with Crippen LogP contribution in [0.3, 0.4) is 0 Å². The van der Waals surface area contributed by atoms with Gasteiger partial charge in [-0.1, -0.05) is 30.3 Å². The van der Waals surface area contributed by atoms with Crippen LogP contribution in [0.4, 0.5) is 0 Å². The minimum Gasteiger partial charge on any atom is -0.497 e. The van der Waals surface area contributed by atoms with E-state index in [9.17, 15) is 0 Å². The maximum absolute atomic E-state index is 5.22. The molecule has 0 aromatic heterocycles. The van der Waals surface area contributed by atoms with Gasteiger partial charge < -0.3 is 9.47 Å². The van der Waals surface area contributed by atoms with Crippen molar-refractivity contribution in [1.82, 2.24) is 0 Å². The summed E-state index contributed by atoms with van der Waals surface area (Å²) in [6.45, 7) is 2.75. The van der Waals surface area contributed by atoms with E-state index < -0.39 is 0 Å². The van der Waals surface area contributed by atoms with Crippen molar-refractivity contribution in [2.75, 3.05) is 14.2 Å². The summed E-state index contributed by atoms with van der Waals surface area (Å²) in [5, 5.41) is 0. The lowest BCUT2D eigenvalue weighted by Gasteiger charge is -2.09. The summed E-state index contributed by atoms with van der Waals surface area (Å²) in [5.41, 5.74) is 4.86. The Bertz CT molecular complexity index is 515. The normalized spacial score (nSPS) is 10.4. The van der Waals surface area contributed by atoms with Gasteiger partial charge in [0.25, 0.3) is 0 Å². The number of rotatable bonds is 4. The minimum atomic E-state index is 0.655. The van der Waals surface area contributed by atoms with Gasteiger partial charge in [-0.25, -0.2) is 0 Å². The Morgan fingerprint density at radius 2 is 1.67 bits per heavy atom. The summed E-state index contributed by atoms with van der Waals surface area (Å²) in [5.74, 6) is 0.896. The Morgan fingerprint density at radius 1 is 0.944 bits per heavy atom. The van der Waals surface area contributed by atoms with Gasteiger partial charge in [0.05, 0.1) is 13.7 Å². The Kier molecular flexibility index (Phi) is 4.00. The molecule has 0 N–H and O–H groups in total. The second-order valence-electron chi connectivity index (χ2n) is 4.31.